The van der Waals surface area contributed by atoms with Crippen molar-refractivity contribution >= 4 is 15.9 Å². The number of aromatic nitrogens is 6. The summed E-state index contributed by atoms with van der Waals surface area (Å²) in [5.41, 5.74) is 4.94. The number of ether oxygens (including phenoxy) is 1. The van der Waals surface area contributed by atoms with E-state index in [0.717, 1.165) is 39.6 Å². The first-order valence-electron chi connectivity index (χ1n) is 11.0. The highest BCUT2D eigenvalue weighted by Crippen LogP contribution is 2.28. The van der Waals surface area contributed by atoms with E-state index in [1.54, 1.807) is 16.2 Å². The van der Waals surface area contributed by atoms with Gasteiger partial charge in [0.1, 0.15) is 22.7 Å². The summed E-state index contributed by atoms with van der Waals surface area (Å²) < 4.78 is 9.35. The zero-order valence-electron chi connectivity index (χ0n) is 20.1. The van der Waals surface area contributed by atoms with E-state index in [2.05, 4.69) is 44.8 Å². The van der Waals surface area contributed by atoms with Crippen molar-refractivity contribution in [3.8, 4) is 22.8 Å². The molecule has 3 heterocycles. The molecule has 4 aromatic rings. The maximum atomic E-state index is 13.4. The number of rotatable bonds is 6. The molecule has 0 unspecified atom stereocenters. The van der Waals surface area contributed by atoms with Gasteiger partial charge in [-0.2, -0.15) is 10.1 Å². The van der Waals surface area contributed by atoms with Crippen molar-refractivity contribution in [2.24, 2.45) is 7.05 Å². The third-order valence-electron chi connectivity index (χ3n) is 5.52. The van der Waals surface area contributed by atoms with E-state index in [9.17, 15) is 4.79 Å². The molecule has 0 fully saturated rings. The van der Waals surface area contributed by atoms with Gasteiger partial charge in [0.15, 0.2) is 0 Å². The summed E-state index contributed by atoms with van der Waals surface area (Å²) >= 11 is 3.40. The molecular formula is C25H27BrN6O2. The van der Waals surface area contributed by atoms with Gasteiger partial charge in [0, 0.05) is 30.9 Å². The first-order chi connectivity index (χ1) is 16.2. The van der Waals surface area contributed by atoms with Gasteiger partial charge < -0.3 is 4.74 Å². The van der Waals surface area contributed by atoms with Crippen LogP contribution in [0.25, 0.3) is 16.9 Å². The van der Waals surface area contributed by atoms with E-state index in [1.165, 1.54) is 0 Å². The SMILES string of the molecule is Cc1ccc(-c2nc(C(C)C)ncc2C)cc1-n1c(C)nc(OCc2ccn(C)n2)c(Br)c1=O. The normalized spacial score (nSPS) is 11.3. The van der Waals surface area contributed by atoms with E-state index in [4.69, 9.17) is 9.72 Å². The standard InChI is InChI=1S/C25H27BrN6O2/c1-14(2)23-27-12-16(4)22(29-23)18-8-7-15(3)20(11-18)32-17(5)28-24(21(26)25(32)33)34-13-19-9-10-31(6)30-19/h7-12,14H,13H2,1-6H3. The third kappa shape index (κ3) is 4.65. The number of benzene rings is 1. The molecule has 3 aromatic heterocycles. The Kier molecular flexibility index (Phi) is 6.65. The van der Waals surface area contributed by atoms with Gasteiger partial charge in [-0.15, -0.1) is 0 Å². The van der Waals surface area contributed by atoms with Crippen LogP contribution in [0.1, 0.15) is 48.2 Å². The maximum absolute atomic E-state index is 13.4. The van der Waals surface area contributed by atoms with Crippen molar-refractivity contribution < 1.29 is 4.74 Å². The Morgan fingerprint density at radius 3 is 2.53 bits per heavy atom. The number of aryl methyl sites for hydroxylation is 4. The Bertz CT molecular complexity index is 1420. The molecule has 9 heteroatoms. The number of halogens is 1. The first kappa shape index (κ1) is 23.8. The second kappa shape index (κ2) is 9.50. The van der Waals surface area contributed by atoms with Gasteiger partial charge in [-0.3, -0.25) is 14.0 Å². The Balaban J connectivity index is 1.76. The monoisotopic (exact) mass is 522 g/mol. The minimum Gasteiger partial charge on any atom is -0.470 e. The molecule has 0 aliphatic carbocycles. The van der Waals surface area contributed by atoms with Crippen LogP contribution in [0.3, 0.4) is 0 Å². The molecule has 0 saturated carbocycles. The summed E-state index contributed by atoms with van der Waals surface area (Å²) in [7, 11) is 1.84. The van der Waals surface area contributed by atoms with Gasteiger partial charge in [-0.1, -0.05) is 26.0 Å². The smallest absolute Gasteiger partial charge is 0.276 e. The van der Waals surface area contributed by atoms with E-state index in [1.807, 2.05) is 57.6 Å². The van der Waals surface area contributed by atoms with Crippen LogP contribution in [-0.2, 0) is 13.7 Å². The lowest BCUT2D eigenvalue weighted by atomic mass is 10.0. The molecule has 0 saturated heterocycles. The minimum absolute atomic E-state index is 0.216. The Morgan fingerprint density at radius 2 is 1.85 bits per heavy atom. The van der Waals surface area contributed by atoms with Crippen molar-refractivity contribution in [1.29, 1.82) is 0 Å². The van der Waals surface area contributed by atoms with Gasteiger partial charge in [-0.25, -0.2) is 9.97 Å². The fraction of sp³-hybridized carbons (Fsp3) is 0.320. The van der Waals surface area contributed by atoms with E-state index in [0.29, 0.717) is 5.82 Å². The van der Waals surface area contributed by atoms with Crippen molar-refractivity contribution in [3.05, 3.63) is 80.0 Å². The Hall–Kier alpha value is -3.33. The predicted octanol–water partition coefficient (Wildman–Crippen LogP) is 4.81. The van der Waals surface area contributed by atoms with Crippen molar-refractivity contribution in [2.45, 2.75) is 47.1 Å². The highest BCUT2D eigenvalue weighted by Gasteiger charge is 2.18. The number of hydrogen-bond donors (Lipinski definition) is 0. The summed E-state index contributed by atoms with van der Waals surface area (Å²) in [4.78, 5) is 27.2. The molecule has 0 amide bonds. The second-order valence-electron chi connectivity index (χ2n) is 8.60. The van der Waals surface area contributed by atoms with Crippen LogP contribution < -0.4 is 10.3 Å². The van der Waals surface area contributed by atoms with Gasteiger partial charge in [0.05, 0.1) is 17.1 Å². The van der Waals surface area contributed by atoms with Crippen LogP contribution in [0.2, 0.25) is 0 Å². The largest absolute Gasteiger partial charge is 0.470 e. The Labute approximate surface area is 206 Å². The number of hydrogen-bond acceptors (Lipinski definition) is 6. The summed E-state index contributed by atoms with van der Waals surface area (Å²) in [6.45, 7) is 10.1. The highest BCUT2D eigenvalue weighted by molar-refractivity contribution is 9.10. The molecular weight excluding hydrogens is 496 g/mol. The molecule has 0 aliphatic rings. The quantitative estimate of drug-likeness (QED) is 0.361. The van der Waals surface area contributed by atoms with E-state index in [-0.39, 0.29) is 28.4 Å². The van der Waals surface area contributed by atoms with E-state index >= 15 is 0 Å². The molecule has 4 rings (SSSR count). The predicted molar refractivity (Wildman–Crippen MR) is 134 cm³/mol. The fourth-order valence-electron chi connectivity index (χ4n) is 3.67. The Morgan fingerprint density at radius 1 is 1.09 bits per heavy atom. The number of nitrogens with zero attached hydrogens (tertiary/aromatic N) is 6. The molecule has 1 aromatic carbocycles. The lowest BCUT2D eigenvalue weighted by Crippen LogP contribution is -2.24. The summed E-state index contributed by atoms with van der Waals surface area (Å²) in [5, 5.41) is 4.29. The minimum atomic E-state index is -0.244. The van der Waals surface area contributed by atoms with Crippen molar-refractivity contribution in [3.63, 3.8) is 0 Å². The average Bonchev–Trinajstić information content (AvgIpc) is 3.22. The topological polar surface area (TPSA) is 87.7 Å². The van der Waals surface area contributed by atoms with Gasteiger partial charge >= 0.3 is 0 Å². The zero-order chi connectivity index (χ0) is 24.6. The molecule has 176 valence electrons. The van der Waals surface area contributed by atoms with Crippen LogP contribution in [0.4, 0.5) is 0 Å². The fourth-order valence-corrected chi connectivity index (χ4v) is 4.05. The van der Waals surface area contributed by atoms with Crippen LogP contribution in [-0.4, -0.2) is 29.3 Å². The molecule has 8 nitrogen and oxygen atoms in total. The van der Waals surface area contributed by atoms with Crippen LogP contribution in [0.5, 0.6) is 5.88 Å². The second-order valence-corrected chi connectivity index (χ2v) is 9.40. The molecule has 0 radical (unpaired) electrons. The van der Waals surface area contributed by atoms with Crippen LogP contribution in [0.15, 0.2) is 45.9 Å². The van der Waals surface area contributed by atoms with Gasteiger partial charge in [-0.05, 0) is 60.0 Å². The molecule has 0 spiro atoms. The third-order valence-corrected chi connectivity index (χ3v) is 6.20. The van der Waals surface area contributed by atoms with Gasteiger partial charge in [0.25, 0.3) is 5.56 Å². The lowest BCUT2D eigenvalue weighted by molar-refractivity contribution is 0.283. The van der Waals surface area contributed by atoms with Crippen molar-refractivity contribution in [2.75, 3.05) is 0 Å². The lowest BCUT2D eigenvalue weighted by Gasteiger charge is -2.17. The molecule has 0 atom stereocenters. The highest BCUT2D eigenvalue weighted by atomic mass is 79.9. The zero-order valence-corrected chi connectivity index (χ0v) is 21.7. The molecule has 0 aliphatic heterocycles. The summed E-state index contributed by atoms with van der Waals surface area (Å²) in [6, 6.07) is 7.85. The van der Waals surface area contributed by atoms with E-state index < -0.39 is 0 Å². The van der Waals surface area contributed by atoms with Crippen molar-refractivity contribution in [1.82, 2.24) is 29.3 Å². The average molecular weight is 523 g/mol. The maximum Gasteiger partial charge on any atom is 0.276 e. The molecule has 0 N–H and O–H groups in total. The first-order valence-corrected chi connectivity index (χ1v) is 11.8. The summed E-state index contributed by atoms with van der Waals surface area (Å²) in [5.74, 6) is 1.76. The summed E-state index contributed by atoms with van der Waals surface area (Å²) in [6.07, 6.45) is 3.68. The van der Waals surface area contributed by atoms with Gasteiger partial charge in [0.2, 0.25) is 5.88 Å². The molecule has 0 bridgehead atoms. The van der Waals surface area contributed by atoms with Crippen LogP contribution in [0, 0.1) is 20.8 Å². The molecule has 34 heavy (non-hydrogen) atoms. The van der Waals surface area contributed by atoms with Crippen LogP contribution >= 0.6 is 15.9 Å².